The van der Waals surface area contributed by atoms with Gasteiger partial charge in [0.25, 0.3) is 0 Å². The van der Waals surface area contributed by atoms with E-state index in [1.165, 1.54) is 0 Å². The van der Waals surface area contributed by atoms with Crippen LogP contribution in [-0.2, 0) is 16.6 Å². The zero-order valence-electron chi connectivity index (χ0n) is 14.6. The van der Waals surface area contributed by atoms with Crippen LogP contribution in [0.4, 0.5) is 0 Å². The lowest BCUT2D eigenvalue weighted by Crippen LogP contribution is -2.30. The number of ether oxygens (including phenoxy) is 3. The molecule has 0 radical (unpaired) electrons. The molecule has 136 valence electrons. The number of para-hydroxylation sites is 1. The molecule has 0 bridgehead atoms. The highest BCUT2D eigenvalue weighted by atomic mass is 32.2. The van der Waals surface area contributed by atoms with Gasteiger partial charge in [-0.1, -0.05) is 12.1 Å². The number of hydrogen-bond acceptors (Lipinski definition) is 6. The summed E-state index contributed by atoms with van der Waals surface area (Å²) in [5, 5.41) is -0.485. The van der Waals surface area contributed by atoms with Crippen LogP contribution >= 0.6 is 0 Å². The van der Waals surface area contributed by atoms with Crippen molar-refractivity contribution in [2.45, 2.75) is 25.6 Å². The first kappa shape index (κ1) is 19.0. The molecule has 0 unspecified atom stereocenters. The van der Waals surface area contributed by atoms with E-state index in [0.717, 1.165) is 5.56 Å². The van der Waals surface area contributed by atoms with Crippen molar-refractivity contribution in [3.05, 3.63) is 42.1 Å². The van der Waals surface area contributed by atoms with Crippen molar-refractivity contribution in [2.24, 2.45) is 0 Å². The first-order valence-corrected chi connectivity index (χ1v) is 9.24. The maximum atomic E-state index is 11.8. The Labute approximate surface area is 148 Å². The van der Waals surface area contributed by atoms with Crippen molar-refractivity contribution < 1.29 is 22.6 Å². The summed E-state index contributed by atoms with van der Waals surface area (Å²) in [6.45, 7) is 3.42. The highest BCUT2D eigenvalue weighted by Crippen LogP contribution is 2.39. The molecule has 1 heterocycles. The smallest absolute Gasteiger partial charge is 0.219 e. The van der Waals surface area contributed by atoms with E-state index in [1.54, 1.807) is 64.6 Å². The monoisotopic (exact) mass is 366 g/mol. The minimum absolute atomic E-state index is 0.172. The van der Waals surface area contributed by atoms with Gasteiger partial charge < -0.3 is 14.2 Å². The van der Waals surface area contributed by atoms with E-state index in [-0.39, 0.29) is 6.54 Å². The molecule has 2 rings (SSSR count). The number of methoxy groups -OCH3 is 2. The van der Waals surface area contributed by atoms with E-state index in [2.05, 4.69) is 9.71 Å². The summed E-state index contributed by atoms with van der Waals surface area (Å²) in [5.41, 5.74) is 0.726. The fourth-order valence-corrected chi connectivity index (χ4v) is 2.65. The summed E-state index contributed by atoms with van der Waals surface area (Å²) in [6.07, 6.45) is 1.56. The van der Waals surface area contributed by atoms with Gasteiger partial charge in [0.15, 0.2) is 11.5 Å². The third-order valence-electron chi connectivity index (χ3n) is 3.48. The zero-order chi connectivity index (χ0) is 18.4. The summed E-state index contributed by atoms with van der Waals surface area (Å²) in [7, 11) is -0.234. The lowest BCUT2D eigenvalue weighted by molar-refractivity contribution is 0.342. The van der Waals surface area contributed by atoms with Crippen LogP contribution < -0.4 is 18.9 Å². The molecule has 0 aliphatic carbocycles. The highest BCUT2D eigenvalue weighted by molar-refractivity contribution is 7.90. The number of nitrogens with zero attached hydrogens (tertiary/aromatic N) is 1. The Balaban J connectivity index is 2.11. The van der Waals surface area contributed by atoms with Gasteiger partial charge >= 0.3 is 0 Å². The van der Waals surface area contributed by atoms with Crippen LogP contribution in [0.5, 0.6) is 23.1 Å². The van der Waals surface area contributed by atoms with Gasteiger partial charge in [-0.3, -0.25) is 0 Å². The average Bonchev–Trinajstić information content (AvgIpc) is 2.61. The highest BCUT2D eigenvalue weighted by Gasteiger charge is 2.15. The Bertz CT molecular complexity index is 782. The zero-order valence-corrected chi connectivity index (χ0v) is 15.5. The molecule has 2 aromatic rings. The van der Waals surface area contributed by atoms with E-state index < -0.39 is 15.3 Å². The van der Waals surface area contributed by atoms with Crippen LogP contribution in [0.3, 0.4) is 0 Å². The van der Waals surface area contributed by atoms with E-state index >= 15 is 0 Å². The van der Waals surface area contributed by atoms with Crippen molar-refractivity contribution in [3.63, 3.8) is 0 Å². The Morgan fingerprint density at radius 2 is 1.72 bits per heavy atom. The SMILES string of the molecule is COc1cccc(OC)c1Oc1ccc(CNS(=O)(=O)C(C)C)cn1. The second-order valence-corrected chi connectivity index (χ2v) is 7.83. The van der Waals surface area contributed by atoms with Gasteiger partial charge in [0.2, 0.25) is 21.7 Å². The molecule has 0 saturated heterocycles. The lowest BCUT2D eigenvalue weighted by Gasteiger charge is -2.13. The molecule has 1 aromatic heterocycles. The fraction of sp³-hybridized carbons (Fsp3) is 0.353. The Kier molecular flexibility index (Phi) is 6.22. The quantitative estimate of drug-likeness (QED) is 0.773. The molecule has 1 aromatic carbocycles. The molecule has 7 nitrogen and oxygen atoms in total. The van der Waals surface area contributed by atoms with Crippen LogP contribution in [0.1, 0.15) is 19.4 Å². The van der Waals surface area contributed by atoms with Gasteiger partial charge in [0.1, 0.15) is 0 Å². The number of sulfonamides is 1. The maximum Gasteiger partial charge on any atom is 0.219 e. The van der Waals surface area contributed by atoms with Gasteiger partial charge in [-0.25, -0.2) is 18.1 Å². The van der Waals surface area contributed by atoms with Gasteiger partial charge in [0, 0.05) is 18.8 Å². The standard InChI is InChI=1S/C17H22N2O5S/c1-12(2)25(20,21)19-11-13-8-9-16(18-10-13)24-17-14(22-3)6-5-7-15(17)23-4/h5-10,12,19H,11H2,1-4H3. The summed E-state index contributed by atoms with van der Waals surface area (Å²) in [6, 6.07) is 8.71. The van der Waals surface area contributed by atoms with Crippen molar-refractivity contribution in [3.8, 4) is 23.1 Å². The number of rotatable bonds is 8. The third-order valence-corrected chi connectivity index (χ3v) is 5.27. The van der Waals surface area contributed by atoms with Crippen LogP contribution in [0, 0.1) is 0 Å². The number of benzene rings is 1. The molecule has 0 aliphatic heterocycles. The molecule has 0 fully saturated rings. The van der Waals surface area contributed by atoms with Crippen LogP contribution in [0.2, 0.25) is 0 Å². The molecule has 0 spiro atoms. The molecule has 25 heavy (non-hydrogen) atoms. The summed E-state index contributed by atoms with van der Waals surface area (Å²) >= 11 is 0. The van der Waals surface area contributed by atoms with Crippen molar-refractivity contribution in [1.82, 2.24) is 9.71 Å². The lowest BCUT2D eigenvalue weighted by atomic mass is 10.3. The predicted molar refractivity (Wildman–Crippen MR) is 94.8 cm³/mol. The van der Waals surface area contributed by atoms with Crippen molar-refractivity contribution in [1.29, 1.82) is 0 Å². The van der Waals surface area contributed by atoms with Gasteiger partial charge in [-0.05, 0) is 31.5 Å². The molecule has 0 atom stereocenters. The Hall–Kier alpha value is -2.32. The van der Waals surface area contributed by atoms with E-state index in [0.29, 0.717) is 23.1 Å². The first-order chi connectivity index (χ1) is 11.9. The van der Waals surface area contributed by atoms with Crippen LogP contribution in [0.25, 0.3) is 0 Å². The van der Waals surface area contributed by atoms with E-state index in [9.17, 15) is 8.42 Å². The summed E-state index contributed by atoms with van der Waals surface area (Å²) < 4.78 is 42.4. The van der Waals surface area contributed by atoms with E-state index in [4.69, 9.17) is 14.2 Å². The van der Waals surface area contributed by atoms with Crippen molar-refractivity contribution in [2.75, 3.05) is 14.2 Å². The molecular formula is C17H22N2O5S. The normalized spacial score (nSPS) is 11.4. The Morgan fingerprint density at radius 3 is 2.20 bits per heavy atom. The molecule has 0 saturated carbocycles. The number of aromatic nitrogens is 1. The van der Waals surface area contributed by atoms with E-state index in [1.807, 2.05) is 0 Å². The summed E-state index contributed by atoms with van der Waals surface area (Å²) in [4.78, 5) is 4.20. The average molecular weight is 366 g/mol. The largest absolute Gasteiger partial charge is 0.493 e. The molecule has 0 aliphatic rings. The second-order valence-electron chi connectivity index (χ2n) is 5.51. The fourth-order valence-electron chi connectivity index (χ4n) is 1.95. The molecule has 1 N–H and O–H groups in total. The first-order valence-electron chi connectivity index (χ1n) is 7.69. The predicted octanol–water partition coefficient (Wildman–Crippen LogP) is 2.72. The number of pyridine rings is 1. The van der Waals surface area contributed by atoms with Gasteiger partial charge in [-0.15, -0.1) is 0 Å². The molecule has 0 amide bonds. The van der Waals surface area contributed by atoms with Crippen LogP contribution in [0.15, 0.2) is 36.5 Å². The molecular weight excluding hydrogens is 344 g/mol. The Morgan fingerprint density at radius 1 is 1.08 bits per heavy atom. The van der Waals surface area contributed by atoms with Crippen molar-refractivity contribution >= 4 is 10.0 Å². The number of hydrogen-bond donors (Lipinski definition) is 1. The van der Waals surface area contributed by atoms with Gasteiger partial charge in [-0.2, -0.15) is 0 Å². The minimum Gasteiger partial charge on any atom is -0.493 e. The minimum atomic E-state index is -3.32. The summed E-state index contributed by atoms with van der Waals surface area (Å²) in [5.74, 6) is 1.82. The second kappa shape index (κ2) is 8.17. The topological polar surface area (TPSA) is 86.8 Å². The maximum absolute atomic E-state index is 11.8. The van der Waals surface area contributed by atoms with Crippen LogP contribution in [-0.4, -0.2) is 32.9 Å². The van der Waals surface area contributed by atoms with Gasteiger partial charge in [0.05, 0.1) is 19.5 Å². The number of nitrogens with one attached hydrogen (secondary N) is 1. The molecule has 8 heteroatoms. The third kappa shape index (κ3) is 4.83.